The molecule has 0 bridgehead atoms. The quantitative estimate of drug-likeness (QED) is 0.708. The highest BCUT2D eigenvalue weighted by Gasteiger charge is 2.29. The third-order valence-corrected chi connectivity index (χ3v) is 5.88. The Morgan fingerprint density at radius 3 is 2.58 bits per heavy atom. The van der Waals surface area contributed by atoms with E-state index in [0.29, 0.717) is 25.5 Å². The van der Waals surface area contributed by atoms with Crippen molar-refractivity contribution in [3.05, 3.63) is 57.6 Å². The molecule has 0 radical (unpaired) electrons. The molecule has 3 heterocycles. The van der Waals surface area contributed by atoms with Crippen molar-refractivity contribution in [3.63, 3.8) is 0 Å². The van der Waals surface area contributed by atoms with Crippen LogP contribution in [0.1, 0.15) is 44.1 Å². The lowest BCUT2D eigenvalue weighted by atomic mass is 10.1. The summed E-state index contributed by atoms with van der Waals surface area (Å²) in [6, 6.07) is 7.69. The highest BCUT2D eigenvalue weighted by molar-refractivity contribution is 5.76. The van der Waals surface area contributed by atoms with E-state index in [2.05, 4.69) is 0 Å². The number of rotatable bonds is 4. The van der Waals surface area contributed by atoms with Crippen molar-refractivity contribution in [1.82, 2.24) is 14.5 Å². The van der Waals surface area contributed by atoms with Crippen molar-refractivity contribution in [2.75, 3.05) is 38.7 Å². The second-order valence-corrected chi connectivity index (χ2v) is 9.59. The summed E-state index contributed by atoms with van der Waals surface area (Å²) in [5.74, 6) is 2.11. The fourth-order valence-electron chi connectivity index (χ4n) is 4.20. The van der Waals surface area contributed by atoms with E-state index in [1.165, 1.54) is 0 Å². The Labute approximate surface area is 194 Å². The van der Waals surface area contributed by atoms with Crippen LogP contribution in [0.25, 0.3) is 5.57 Å². The molecular formula is C25H32N4O4. The number of anilines is 1. The van der Waals surface area contributed by atoms with E-state index in [-0.39, 0.29) is 11.7 Å². The highest BCUT2D eigenvalue weighted by atomic mass is 16.6. The van der Waals surface area contributed by atoms with Crippen LogP contribution < -0.4 is 15.2 Å². The van der Waals surface area contributed by atoms with Crippen LogP contribution in [-0.2, 0) is 17.7 Å². The Balaban J connectivity index is 1.70. The molecule has 1 amide bonds. The summed E-state index contributed by atoms with van der Waals surface area (Å²) in [6.07, 6.45) is 3.24. The van der Waals surface area contributed by atoms with E-state index in [4.69, 9.17) is 14.5 Å². The molecule has 4 rings (SSSR count). The van der Waals surface area contributed by atoms with Gasteiger partial charge in [0.2, 0.25) is 0 Å². The summed E-state index contributed by atoms with van der Waals surface area (Å²) in [4.78, 5) is 34.8. The van der Waals surface area contributed by atoms with Gasteiger partial charge in [0.15, 0.2) is 0 Å². The number of aromatic nitrogens is 2. The Kier molecular flexibility index (Phi) is 6.19. The second kappa shape index (κ2) is 8.92. The molecule has 33 heavy (non-hydrogen) atoms. The van der Waals surface area contributed by atoms with Crippen molar-refractivity contribution >= 4 is 17.5 Å². The third kappa shape index (κ3) is 4.89. The molecule has 8 nitrogen and oxygen atoms in total. The van der Waals surface area contributed by atoms with Gasteiger partial charge in [0.25, 0.3) is 5.56 Å². The molecule has 0 aliphatic carbocycles. The number of amides is 1. The molecule has 8 heteroatoms. The van der Waals surface area contributed by atoms with Crippen molar-refractivity contribution < 1.29 is 14.3 Å². The van der Waals surface area contributed by atoms with E-state index in [1.54, 1.807) is 16.6 Å². The number of ether oxygens (including phenoxy) is 2. The number of fused-ring (bicyclic) bond motifs is 1. The molecular weight excluding hydrogens is 420 g/mol. The Morgan fingerprint density at radius 1 is 1.18 bits per heavy atom. The van der Waals surface area contributed by atoms with Gasteiger partial charge in [0, 0.05) is 25.7 Å². The molecule has 0 unspecified atom stereocenters. The molecule has 0 spiro atoms. The Bertz CT molecular complexity index is 1130. The SMILES string of the molecule is COc1ccc(Cn2c(C3=CCN(C(=O)OC(C)(C)C)C3)nc3c(c2=O)CCCN3C)cc1. The topological polar surface area (TPSA) is 76.9 Å². The number of benzene rings is 1. The zero-order chi connectivity index (χ0) is 23.8. The molecule has 1 aromatic carbocycles. The average Bonchev–Trinajstić information content (AvgIpc) is 3.26. The second-order valence-electron chi connectivity index (χ2n) is 9.59. The molecule has 2 aromatic rings. The van der Waals surface area contributed by atoms with Gasteiger partial charge in [0.1, 0.15) is 23.0 Å². The minimum Gasteiger partial charge on any atom is -0.497 e. The maximum absolute atomic E-state index is 13.6. The van der Waals surface area contributed by atoms with Gasteiger partial charge >= 0.3 is 6.09 Å². The first-order chi connectivity index (χ1) is 15.7. The molecule has 2 aliphatic rings. The standard InChI is InChI=1S/C25H32N4O4/c1-25(2,3)33-24(31)28-14-12-18(16-28)21-26-22-20(7-6-13-27(22)4)23(30)29(21)15-17-8-10-19(32-5)11-9-17/h8-12H,6-7,13-16H2,1-5H3. The number of carbonyl (C=O) groups excluding carboxylic acids is 1. The first-order valence-corrected chi connectivity index (χ1v) is 11.3. The first-order valence-electron chi connectivity index (χ1n) is 11.3. The van der Waals surface area contributed by atoms with Crippen LogP contribution in [0.15, 0.2) is 35.1 Å². The van der Waals surface area contributed by atoms with Gasteiger partial charge in [0.05, 0.1) is 25.8 Å². The number of carbonyl (C=O) groups is 1. The van der Waals surface area contributed by atoms with Gasteiger partial charge in [-0.3, -0.25) is 9.36 Å². The summed E-state index contributed by atoms with van der Waals surface area (Å²) in [5.41, 5.74) is 2.00. The van der Waals surface area contributed by atoms with Gasteiger partial charge in [-0.25, -0.2) is 9.78 Å². The fourth-order valence-corrected chi connectivity index (χ4v) is 4.20. The van der Waals surface area contributed by atoms with Gasteiger partial charge in [-0.2, -0.15) is 0 Å². The summed E-state index contributed by atoms with van der Waals surface area (Å²) in [6.45, 7) is 7.59. The molecule has 0 atom stereocenters. The van der Waals surface area contributed by atoms with Crippen molar-refractivity contribution in [2.24, 2.45) is 0 Å². The summed E-state index contributed by atoms with van der Waals surface area (Å²) < 4.78 is 12.5. The summed E-state index contributed by atoms with van der Waals surface area (Å²) in [5, 5.41) is 0. The smallest absolute Gasteiger partial charge is 0.410 e. The van der Waals surface area contributed by atoms with Crippen LogP contribution in [0.5, 0.6) is 5.75 Å². The summed E-state index contributed by atoms with van der Waals surface area (Å²) in [7, 11) is 3.60. The Morgan fingerprint density at radius 2 is 1.91 bits per heavy atom. The zero-order valence-corrected chi connectivity index (χ0v) is 20.1. The van der Waals surface area contributed by atoms with Crippen LogP contribution in [0.2, 0.25) is 0 Å². The lowest BCUT2D eigenvalue weighted by Crippen LogP contribution is -2.37. The van der Waals surface area contributed by atoms with Gasteiger partial charge < -0.3 is 19.3 Å². The maximum atomic E-state index is 13.6. The van der Waals surface area contributed by atoms with Crippen LogP contribution >= 0.6 is 0 Å². The minimum absolute atomic E-state index is 0.0195. The molecule has 2 aliphatic heterocycles. The monoisotopic (exact) mass is 452 g/mol. The number of hydrogen-bond acceptors (Lipinski definition) is 6. The highest BCUT2D eigenvalue weighted by Crippen LogP contribution is 2.27. The van der Waals surface area contributed by atoms with E-state index in [9.17, 15) is 9.59 Å². The normalized spacial score (nSPS) is 15.8. The predicted molar refractivity (Wildman–Crippen MR) is 128 cm³/mol. The van der Waals surface area contributed by atoms with Crippen LogP contribution in [0.4, 0.5) is 10.6 Å². The van der Waals surface area contributed by atoms with Crippen LogP contribution in [0, 0.1) is 0 Å². The van der Waals surface area contributed by atoms with Crippen molar-refractivity contribution in [2.45, 2.75) is 45.8 Å². The number of nitrogens with zero attached hydrogens (tertiary/aromatic N) is 4. The largest absolute Gasteiger partial charge is 0.497 e. The average molecular weight is 453 g/mol. The zero-order valence-electron chi connectivity index (χ0n) is 20.1. The lowest BCUT2D eigenvalue weighted by molar-refractivity contribution is 0.0306. The van der Waals surface area contributed by atoms with E-state index in [1.807, 2.05) is 63.1 Å². The van der Waals surface area contributed by atoms with E-state index in [0.717, 1.165) is 47.7 Å². The van der Waals surface area contributed by atoms with Crippen molar-refractivity contribution in [1.29, 1.82) is 0 Å². The fraction of sp³-hybridized carbons (Fsp3) is 0.480. The molecule has 176 valence electrons. The Hall–Kier alpha value is -3.29. The lowest BCUT2D eigenvalue weighted by Gasteiger charge is -2.28. The predicted octanol–water partition coefficient (Wildman–Crippen LogP) is 3.32. The maximum Gasteiger partial charge on any atom is 0.410 e. The van der Waals surface area contributed by atoms with Gasteiger partial charge in [-0.1, -0.05) is 18.2 Å². The van der Waals surface area contributed by atoms with Crippen molar-refractivity contribution in [3.8, 4) is 5.75 Å². The first kappa shape index (κ1) is 22.9. The van der Waals surface area contributed by atoms with Gasteiger partial charge in [-0.15, -0.1) is 0 Å². The van der Waals surface area contributed by atoms with Gasteiger partial charge in [-0.05, 0) is 51.3 Å². The number of hydrogen-bond donors (Lipinski definition) is 0. The molecule has 0 fully saturated rings. The van der Waals surface area contributed by atoms with Crippen LogP contribution in [0.3, 0.4) is 0 Å². The molecule has 0 N–H and O–H groups in total. The molecule has 1 aromatic heterocycles. The minimum atomic E-state index is -0.566. The molecule has 0 saturated heterocycles. The summed E-state index contributed by atoms with van der Waals surface area (Å²) >= 11 is 0. The third-order valence-electron chi connectivity index (χ3n) is 5.88. The van der Waals surface area contributed by atoms with E-state index >= 15 is 0 Å². The van der Waals surface area contributed by atoms with E-state index < -0.39 is 5.60 Å². The molecule has 0 saturated carbocycles. The number of methoxy groups -OCH3 is 1. The van der Waals surface area contributed by atoms with Crippen LogP contribution in [-0.4, -0.2) is 59.9 Å².